The summed E-state index contributed by atoms with van der Waals surface area (Å²) in [6.07, 6.45) is 2.33. The van der Waals surface area contributed by atoms with Crippen LogP contribution in [0.5, 0.6) is 0 Å². The number of aromatic nitrogens is 2. The molecule has 8 nitrogen and oxygen atoms in total. The van der Waals surface area contributed by atoms with Crippen LogP contribution in [-0.2, 0) is 14.3 Å². The summed E-state index contributed by atoms with van der Waals surface area (Å²) < 4.78 is 7.09. The van der Waals surface area contributed by atoms with Crippen LogP contribution < -0.4 is 10.6 Å². The molecule has 2 aromatic rings. The molecule has 1 atom stereocenters. The van der Waals surface area contributed by atoms with Crippen LogP contribution in [0.4, 0.5) is 10.8 Å². The van der Waals surface area contributed by atoms with E-state index < -0.39 is 18.0 Å². The standard InChI is InChI=1S/C20H26N4O4S/c1-10(2)24-15(8-9-21-24)22-17(25)12(4)28-20(27)16-11(3)13(5)29-19(16)23-18(26)14-6-7-14/h8-10,12,14H,6-7H2,1-5H3,(H,22,25)(H,23,26)/t12-/m0/s1. The number of carbonyl (C=O) groups excluding carboxylic acids is 3. The maximum absolute atomic E-state index is 12.8. The number of amides is 2. The molecule has 1 aliphatic carbocycles. The van der Waals surface area contributed by atoms with Crippen molar-refractivity contribution in [2.75, 3.05) is 10.6 Å². The van der Waals surface area contributed by atoms with Gasteiger partial charge in [0.05, 0.1) is 11.8 Å². The predicted molar refractivity (Wildman–Crippen MR) is 111 cm³/mol. The summed E-state index contributed by atoms with van der Waals surface area (Å²) in [6, 6.07) is 1.76. The number of nitrogens with one attached hydrogen (secondary N) is 2. The SMILES string of the molecule is Cc1sc(NC(=O)C2CC2)c(C(=O)O[C@@H](C)C(=O)Nc2ccnn2C(C)C)c1C. The normalized spacial score (nSPS) is 14.6. The minimum absolute atomic E-state index is 0.0251. The maximum atomic E-state index is 12.8. The first-order chi connectivity index (χ1) is 13.7. The Morgan fingerprint density at radius 2 is 1.90 bits per heavy atom. The lowest BCUT2D eigenvalue weighted by Crippen LogP contribution is -2.31. The fourth-order valence-corrected chi connectivity index (χ4v) is 3.90. The molecule has 0 unspecified atom stereocenters. The number of thiophene rings is 1. The Labute approximate surface area is 173 Å². The van der Waals surface area contributed by atoms with Crippen LogP contribution in [0.25, 0.3) is 0 Å². The lowest BCUT2D eigenvalue weighted by molar-refractivity contribution is -0.123. The van der Waals surface area contributed by atoms with E-state index in [2.05, 4.69) is 15.7 Å². The molecule has 0 radical (unpaired) electrons. The monoisotopic (exact) mass is 418 g/mol. The van der Waals surface area contributed by atoms with Gasteiger partial charge in [0, 0.05) is 22.9 Å². The fraction of sp³-hybridized carbons (Fsp3) is 0.500. The van der Waals surface area contributed by atoms with E-state index in [4.69, 9.17) is 4.74 Å². The molecule has 1 fully saturated rings. The number of hydrogen-bond acceptors (Lipinski definition) is 6. The zero-order chi connectivity index (χ0) is 21.3. The second kappa shape index (κ2) is 8.36. The van der Waals surface area contributed by atoms with Crippen molar-refractivity contribution >= 4 is 39.9 Å². The van der Waals surface area contributed by atoms with Crippen molar-refractivity contribution in [3.05, 3.63) is 28.3 Å². The molecule has 0 spiro atoms. The first-order valence-corrected chi connectivity index (χ1v) is 10.5. The fourth-order valence-electron chi connectivity index (χ4n) is 2.85. The van der Waals surface area contributed by atoms with Crippen LogP contribution in [0.15, 0.2) is 12.3 Å². The molecule has 0 bridgehead atoms. The van der Waals surface area contributed by atoms with Crippen molar-refractivity contribution in [2.45, 2.75) is 59.6 Å². The Balaban J connectivity index is 1.69. The molecular weight excluding hydrogens is 392 g/mol. The Morgan fingerprint density at radius 1 is 1.21 bits per heavy atom. The Morgan fingerprint density at radius 3 is 2.52 bits per heavy atom. The minimum atomic E-state index is -1.01. The molecule has 156 valence electrons. The van der Waals surface area contributed by atoms with Crippen molar-refractivity contribution in [2.24, 2.45) is 5.92 Å². The number of ether oxygens (including phenoxy) is 1. The van der Waals surface area contributed by atoms with E-state index in [1.807, 2.05) is 20.8 Å². The van der Waals surface area contributed by atoms with Gasteiger partial charge in [-0.15, -0.1) is 11.3 Å². The van der Waals surface area contributed by atoms with Crippen LogP contribution in [0.3, 0.4) is 0 Å². The van der Waals surface area contributed by atoms with Gasteiger partial charge >= 0.3 is 5.97 Å². The average molecular weight is 419 g/mol. The largest absolute Gasteiger partial charge is 0.449 e. The van der Waals surface area contributed by atoms with E-state index in [1.54, 1.807) is 23.9 Å². The molecular formula is C20H26N4O4S. The zero-order valence-electron chi connectivity index (χ0n) is 17.2. The molecule has 0 saturated heterocycles. The van der Waals surface area contributed by atoms with E-state index in [9.17, 15) is 14.4 Å². The van der Waals surface area contributed by atoms with Crippen LogP contribution in [0, 0.1) is 19.8 Å². The highest BCUT2D eigenvalue weighted by molar-refractivity contribution is 7.16. The van der Waals surface area contributed by atoms with Gasteiger partial charge in [0.25, 0.3) is 5.91 Å². The van der Waals surface area contributed by atoms with Gasteiger partial charge in [-0.2, -0.15) is 5.10 Å². The van der Waals surface area contributed by atoms with E-state index in [-0.39, 0.29) is 17.9 Å². The highest BCUT2D eigenvalue weighted by Gasteiger charge is 2.32. The van der Waals surface area contributed by atoms with Crippen LogP contribution in [0.1, 0.15) is 60.5 Å². The van der Waals surface area contributed by atoms with Gasteiger partial charge in [-0.1, -0.05) is 0 Å². The summed E-state index contributed by atoms with van der Waals surface area (Å²) in [5.74, 6) is -0.593. The summed E-state index contributed by atoms with van der Waals surface area (Å²) in [5.41, 5.74) is 1.06. The van der Waals surface area contributed by atoms with Crippen molar-refractivity contribution in [1.82, 2.24) is 9.78 Å². The number of anilines is 2. The number of hydrogen-bond donors (Lipinski definition) is 2. The average Bonchev–Trinajstić information content (AvgIpc) is 3.33. The molecule has 9 heteroatoms. The van der Waals surface area contributed by atoms with Crippen LogP contribution in [-0.4, -0.2) is 33.7 Å². The van der Waals surface area contributed by atoms with Gasteiger partial charge in [-0.25, -0.2) is 9.48 Å². The number of aryl methyl sites for hydroxylation is 1. The molecule has 2 N–H and O–H groups in total. The number of nitrogens with zero attached hydrogens (tertiary/aromatic N) is 2. The molecule has 0 aromatic carbocycles. The van der Waals surface area contributed by atoms with Crippen molar-refractivity contribution in [1.29, 1.82) is 0 Å². The summed E-state index contributed by atoms with van der Waals surface area (Å²) in [6.45, 7) is 9.10. The Kier molecular flexibility index (Phi) is 6.07. The number of esters is 1. The lowest BCUT2D eigenvalue weighted by atomic mass is 10.1. The smallest absolute Gasteiger partial charge is 0.342 e. The van der Waals surface area contributed by atoms with E-state index >= 15 is 0 Å². The van der Waals surface area contributed by atoms with E-state index in [0.29, 0.717) is 16.4 Å². The quantitative estimate of drug-likeness (QED) is 0.668. The van der Waals surface area contributed by atoms with Crippen LogP contribution in [0.2, 0.25) is 0 Å². The topological polar surface area (TPSA) is 102 Å². The first kappa shape index (κ1) is 21.0. The van der Waals surface area contributed by atoms with Gasteiger partial charge in [0.15, 0.2) is 6.10 Å². The number of carbonyl (C=O) groups is 3. The highest BCUT2D eigenvalue weighted by Crippen LogP contribution is 2.36. The summed E-state index contributed by atoms with van der Waals surface area (Å²) in [7, 11) is 0. The predicted octanol–water partition coefficient (Wildman–Crippen LogP) is 3.67. The third-order valence-corrected chi connectivity index (χ3v) is 5.96. The van der Waals surface area contributed by atoms with Gasteiger partial charge < -0.3 is 15.4 Å². The minimum Gasteiger partial charge on any atom is -0.449 e. The van der Waals surface area contributed by atoms with Crippen molar-refractivity contribution in [3.63, 3.8) is 0 Å². The summed E-state index contributed by atoms with van der Waals surface area (Å²) in [5, 5.41) is 10.2. The van der Waals surface area contributed by atoms with E-state index in [0.717, 1.165) is 23.3 Å². The second-order valence-electron chi connectivity index (χ2n) is 7.54. The van der Waals surface area contributed by atoms with Crippen LogP contribution >= 0.6 is 11.3 Å². The first-order valence-electron chi connectivity index (χ1n) is 9.65. The second-order valence-corrected chi connectivity index (χ2v) is 8.77. The zero-order valence-corrected chi connectivity index (χ0v) is 18.1. The Bertz CT molecular complexity index is 942. The van der Waals surface area contributed by atoms with Gasteiger partial charge in [0.1, 0.15) is 10.8 Å². The maximum Gasteiger partial charge on any atom is 0.342 e. The van der Waals surface area contributed by atoms with Gasteiger partial charge in [0.2, 0.25) is 5.91 Å². The summed E-state index contributed by atoms with van der Waals surface area (Å²) >= 11 is 1.34. The molecule has 2 heterocycles. The molecule has 1 aliphatic rings. The summed E-state index contributed by atoms with van der Waals surface area (Å²) in [4.78, 5) is 38.4. The Hall–Kier alpha value is -2.68. The molecule has 1 saturated carbocycles. The number of rotatable bonds is 7. The van der Waals surface area contributed by atoms with Gasteiger partial charge in [-0.3, -0.25) is 9.59 Å². The highest BCUT2D eigenvalue weighted by atomic mass is 32.1. The molecule has 2 amide bonds. The third-order valence-electron chi connectivity index (χ3n) is 4.84. The molecule has 2 aromatic heterocycles. The third kappa shape index (κ3) is 4.67. The molecule has 0 aliphatic heterocycles. The van der Waals surface area contributed by atoms with E-state index in [1.165, 1.54) is 18.3 Å². The lowest BCUT2D eigenvalue weighted by Gasteiger charge is -2.16. The molecule has 29 heavy (non-hydrogen) atoms. The van der Waals surface area contributed by atoms with Gasteiger partial charge in [-0.05, 0) is 53.0 Å². The molecule has 3 rings (SSSR count). The van der Waals surface area contributed by atoms with Crippen molar-refractivity contribution in [3.8, 4) is 0 Å². The van der Waals surface area contributed by atoms with Crippen molar-refractivity contribution < 1.29 is 19.1 Å².